The van der Waals surface area contributed by atoms with Gasteiger partial charge in [-0.1, -0.05) is 6.42 Å². The third-order valence-corrected chi connectivity index (χ3v) is 4.09. The summed E-state index contributed by atoms with van der Waals surface area (Å²) in [5.41, 5.74) is 6.59. The van der Waals surface area contributed by atoms with Gasteiger partial charge in [-0.2, -0.15) is 0 Å². The molecule has 2 unspecified atom stereocenters. The van der Waals surface area contributed by atoms with Crippen molar-refractivity contribution in [1.29, 1.82) is 0 Å². The smallest absolute Gasteiger partial charge is 0.270 e. The van der Waals surface area contributed by atoms with Crippen LogP contribution in [0.3, 0.4) is 0 Å². The van der Waals surface area contributed by atoms with Gasteiger partial charge in [-0.05, 0) is 44.4 Å². The molecule has 1 aliphatic carbocycles. The minimum atomic E-state index is 0.135. The molecule has 0 aliphatic heterocycles. The summed E-state index contributed by atoms with van der Waals surface area (Å²) < 4.78 is 1.89. The predicted octanol–water partition coefficient (Wildman–Crippen LogP) is 1.61. The Bertz CT molecular complexity index is 413. The summed E-state index contributed by atoms with van der Waals surface area (Å²) in [6.07, 6.45) is 5.34. The minimum absolute atomic E-state index is 0.135. The molecule has 0 saturated heterocycles. The van der Waals surface area contributed by atoms with Gasteiger partial charge in [-0.15, -0.1) is 0 Å². The van der Waals surface area contributed by atoms with Crippen LogP contribution in [-0.2, 0) is 7.05 Å². The van der Waals surface area contributed by atoms with Crippen LogP contribution in [0.25, 0.3) is 0 Å². The summed E-state index contributed by atoms with van der Waals surface area (Å²) in [5, 5.41) is 0. The second-order valence-corrected chi connectivity index (χ2v) is 5.09. The van der Waals surface area contributed by atoms with Crippen molar-refractivity contribution in [1.82, 2.24) is 9.47 Å². The summed E-state index contributed by atoms with van der Waals surface area (Å²) in [6, 6.07) is 4.12. The van der Waals surface area contributed by atoms with Crippen molar-refractivity contribution >= 4 is 5.91 Å². The van der Waals surface area contributed by atoms with Crippen LogP contribution in [-0.4, -0.2) is 34.5 Å². The molecule has 0 spiro atoms. The van der Waals surface area contributed by atoms with E-state index in [1.807, 2.05) is 41.8 Å². The summed E-state index contributed by atoms with van der Waals surface area (Å²) in [5.74, 6) is 0.601. The molecule has 1 saturated carbocycles. The molecule has 1 aromatic rings. The van der Waals surface area contributed by atoms with Crippen LogP contribution < -0.4 is 5.73 Å². The number of hydrogen-bond acceptors (Lipinski definition) is 2. The molecule has 18 heavy (non-hydrogen) atoms. The zero-order chi connectivity index (χ0) is 13.1. The van der Waals surface area contributed by atoms with Crippen LogP contribution in [0, 0.1) is 5.92 Å². The van der Waals surface area contributed by atoms with Crippen molar-refractivity contribution in [2.45, 2.75) is 32.2 Å². The number of amides is 1. The number of aryl methyl sites for hydroxylation is 1. The van der Waals surface area contributed by atoms with E-state index in [1.54, 1.807) is 0 Å². The van der Waals surface area contributed by atoms with Crippen molar-refractivity contribution in [3.63, 3.8) is 0 Å². The largest absolute Gasteiger partial charge is 0.347 e. The van der Waals surface area contributed by atoms with Gasteiger partial charge in [-0.25, -0.2) is 0 Å². The van der Waals surface area contributed by atoms with Gasteiger partial charge in [0.25, 0.3) is 5.91 Å². The highest BCUT2D eigenvalue weighted by molar-refractivity contribution is 5.93. The Balaban J connectivity index is 2.18. The van der Waals surface area contributed by atoms with E-state index in [1.165, 1.54) is 6.42 Å². The maximum atomic E-state index is 12.6. The second kappa shape index (κ2) is 5.57. The first-order valence-corrected chi connectivity index (χ1v) is 6.81. The average molecular weight is 249 g/mol. The summed E-state index contributed by atoms with van der Waals surface area (Å²) in [7, 11) is 1.91. The fourth-order valence-corrected chi connectivity index (χ4v) is 3.06. The van der Waals surface area contributed by atoms with Crippen LogP contribution in [0.15, 0.2) is 18.3 Å². The van der Waals surface area contributed by atoms with Gasteiger partial charge < -0.3 is 15.2 Å². The molecule has 1 aliphatic rings. The van der Waals surface area contributed by atoms with Crippen LogP contribution in [0.4, 0.5) is 0 Å². The van der Waals surface area contributed by atoms with Gasteiger partial charge in [-0.3, -0.25) is 4.79 Å². The first-order chi connectivity index (χ1) is 8.69. The average Bonchev–Trinajstić information content (AvgIpc) is 2.98. The molecule has 2 rings (SSSR count). The second-order valence-electron chi connectivity index (χ2n) is 5.09. The van der Waals surface area contributed by atoms with Crippen molar-refractivity contribution in [3.8, 4) is 0 Å². The Morgan fingerprint density at radius 2 is 2.33 bits per heavy atom. The summed E-state index contributed by atoms with van der Waals surface area (Å²) in [4.78, 5) is 14.6. The Morgan fingerprint density at radius 3 is 2.89 bits per heavy atom. The quantitative estimate of drug-likeness (QED) is 0.881. The standard InChI is InChI=1S/C14H23N3O/c1-3-17(12-7-4-6-11(12)10-15)14(18)13-8-5-9-16(13)2/h5,8-9,11-12H,3-4,6-7,10,15H2,1-2H3. The van der Waals surface area contributed by atoms with Gasteiger partial charge in [0.2, 0.25) is 0 Å². The van der Waals surface area contributed by atoms with Crippen molar-refractivity contribution in [3.05, 3.63) is 24.0 Å². The molecule has 1 aromatic heterocycles. The molecular formula is C14H23N3O. The third-order valence-electron chi connectivity index (χ3n) is 4.09. The molecule has 2 N–H and O–H groups in total. The number of rotatable bonds is 4. The van der Waals surface area contributed by atoms with Crippen LogP contribution in [0.2, 0.25) is 0 Å². The fraction of sp³-hybridized carbons (Fsp3) is 0.643. The highest BCUT2D eigenvalue weighted by atomic mass is 16.2. The molecule has 1 fully saturated rings. The minimum Gasteiger partial charge on any atom is -0.347 e. The maximum Gasteiger partial charge on any atom is 0.270 e. The maximum absolute atomic E-state index is 12.6. The van der Waals surface area contributed by atoms with E-state index < -0.39 is 0 Å². The fourth-order valence-electron chi connectivity index (χ4n) is 3.06. The lowest BCUT2D eigenvalue weighted by atomic mass is 10.0. The van der Waals surface area contributed by atoms with E-state index in [-0.39, 0.29) is 5.91 Å². The van der Waals surface area contributed by atoms with Crippen LogP contribution in [0.5, 0.6) is 0 Å². The van der Waals surface area contributed by atoms with E-state index in [0.717, 1.165) is 25.1 Å². The summed E-state index contributed by atoms with van der Waals surface area (Å²) in [6.45, 7) is 3.49. The number of aromatic nitrogens is 1. The van der Waals surface area contributed by atoms with Gasteiger partial charge in [0.05, 0.1) is 0 Å². The van der Waals surface area contributed by atoms with E-state index in [4.69, 9.17) is 5.73 Å². The van der Waals surface area contributed by atoms with Crippen LogP contribution >= 0.6 is 0 Å². The number of carbonyl (C=O) groups is 1. The Morgan fingerprint density at radius 1 is 1.56 bits per heavy atom. The lowest BCUT2D eigenvalue weighted by molar-refractivity contribution is 0.0642. The number of nitrogens with zero attached hydrogens (tertiary/aromatic N) is 2. The predicted molar refractivity (Wildman–Crippen MR) is 72.3 cm³/mol. The Hall–Kier alpha value is -1.29. The molecule has 2 atom stereocenters. The highest BCUT2D eigenvalue weighted by Gasteiger charge is 2.33. The lowest BCUT2D eigenvalue weighted by Crippen LogP contribution is -2.44. The van der Waals surface area contributed by atoms with Gasteiger partial charge in [0.15, 0.2) is 0 Å². The van der Waals surface area contributed by atoms with Gasteiger partial charge in [0, 0.05) is 25.8 Å². The monoisotopic (exact) mass is 249 g/mol. The van der Waals surface area contributed by atoms with Gasteiger partial charge in [0.1, 0.15) is 5.69 Å². The molecule has 0 radical (unpaired) electrons. The zero-order valence-corrected chi connectivity index (χ0v) is 11.3. The van der Waals surface area contributed by atoms with Crippen molar-refractivity contribution in [2.24, 2.45) is 18.7 Å². The number of carbonyl (C=O) groups excluding carboxylic acids is 1. The van der Waals surface area contributed by atoms with Crippen molar-refractivity contribution in [2.75, 3.05) is 13.1 Å². The first kappa shape index (κ1) is 13.1. The molecule has 0 aromatic carbocycles. The highest BCUT2D eigenvalue weighted by Crippen LogP contribution is 2.30. The molecule has 0 bridgehead atoms. The number of hydrogen-bond donors (Lipinski definition) is 1. The molecule has 100 valence electrons. The van der Waals surface area contributed by atoms with Crippen molar-refractivity contribution < 1.29 is 4.79 Å². The third kappa shape index (κ3) is 2.29. The van der Waals surface area contributed by atoms with Crippen LogP contribution in [0.1, 0.15) is 36.7 Å². The first-order valence-electron chi connectivity index (χ1n) is 6.81. The zero-order valence-electron chi connectivity index (χ0n) is 11.3. The van der Waals surface area contributed by atoms with E-state index in [0.29, 0.717) is 18.5 Å². The number of nitrogens with two attached hydrogens (primary N) is 1. The molecule has 4 nitrogen and oxygen atoms in total. The van der Waals surface area contributed by atoms with E-state index >= 15 is 0 Å². The molecular weight excluding hydrogens is 226 g/mol. The Labute approximate surface area is 109 Å². The summed E-state index contributed by atoms with van der Waals surface area (Å²) >= 11 is 0. The van der Waals surface area contributed by atoms with Gasteiger partial charge >= 0.3 is 0 Å². The SMILES string of the molecule is CCN(C(=O)c1cccn1C)C1CCCC1CN. The molecule has 4 heteroatoms. The topological polar surface area (TPSA) is 51.3 Å². The van der Waals surface area contributed by atoms with E-state index in [2.05, 4.69) is 0 Å². The Kier molecular flexibility index (Phi) is 4.07. The normalized spacial score (nSPS) is 23.3. The van der Waals surface area contributed by atoms with E-state index in [9.17, 15) is 4.79 Å². The molecule has 1 heterocycles. The lowest BCUT2D eigenvalue weighted by Gasteiger charge is -2.32. The molecule has 1 amide bonds.